The Morgan fingerprint density at radius 2 is 1.48 bits per heavy atom. The van der Waals surface area contributed by atoms with Crippen molar-refractivity contribution in [2.24, 2.45) is 23.7 Å². The van der Waals surface area contributed by atoms with Crippen LogP contribution >= 0.6 is 0 Å². The van der Waals surface area contributed by atoms with Gasteiger partial charge in [-0.25, -0.2) is 0 Å². The molecule has 0 amide bonds. The minimum Gasteiger partial charge on any atom is -0.103 e. The van der Waals surface area contributed by atoms with E-state index in [0.29, 0.717) is 5.41 Å². The Kier molecular flexibility index (Phi) is 7.84. The van der Waals surface area contributed by atoms with Crippen molar-refractivity contribution >= 4 is 0 Å². The molecule has 0 saturated heterocycles. The van der Waals surface area contributed by atoms with E-state index in [2.05, 4.69) is 75.9 Å². The van der Waals surface area contributed by atoms with Gasteiger partial charge in [0.25, 0.3) is 0 Å². The van der Waals surface area contributed by atoms with E-state index in [0.717, 1.165) is 36.5 Å². The Morgan fingerprint density at radius 1 is 0.935 bits per heavy atom. The molecule has 0 aromatic heterocycles. The largest absolute Gasteiger partial charge is 0.103 e. The van der Waals surface area contributed by atoms with E-state index >= 15 is 0 Å². The quantitative estimate of drug-likeness (QED) is 0.394. The van der Waals surface area contributed by atoms with Crippen LogP contribution in [0.3, 0.4) is 0 Å². The van der Waals surface area contributed by atoms with Gasteiger partial charge in [0.2, 0.25) is 0 Å². The van der Waals surface area contributed by atoms with Gasteiger partial charge in [-0.2, -0.15) is 0 Å². The summed E-state index contributed by atoms with van der Waals surface area (Å²) in [6, 6.07) is 18.8. The summed E-state index contributed by atoms with van der Waals surface area (Å²) in [5.74, 6) is 3.55. The highest BCUT2D eigenvalue weighted by molar-refractivity contribution is 5.64. The second-order valence-electron chi connectivity index (χ2n) is 11.0. The van der Waals surface area contributed by atoms with Crippen LogP contribution in [0.1, 0.15) is 84.3 Å². The molecule has 31 heavy (non-hydrogen) atoms. The second kappa shape index (κ2) is 10.2. The van der Waals surface area contributed by atoms with Gasteiger partial charge in [0, 0.05) is 0 Å². The molecule has 2 saturated carbocycles. The molecule has 4 rings (SSSR count). The number of aryl methyl sites for hydroxylation is 1. The molecule has 0 radical (unpaired) electrons. The maximum Gasteiger partial charge on any atom is -0.00700 e. The highest BCUT2D eigenvalue weighted by Gasteiger charge is 2.41. The molecule has 0 heteroatoms. The predicted molar refractivity (Wildman–Crippen MR) is 137 cm³/mol. The summed E-state index contributed by atoms with van der Waals surface area (Å²) in [7, 11) is 0. The number of fused-ring (bicyclic) bond motifs is 2. The van der Waals surface area contributed by atoms with Crippen molar-refractivity contribution in [1.29, 1.82) is 0 Å². The summed E-state index contributed by atoms with van der Waals surface area (Å²) >= 11 is 0. The molecule has 2 aliphatic rings. The fraction of sp³-hybridized carbons (Fsp3) is 0.548. The van der Waals surface area contributed by atoms with Crippen LogP contribution in [-0.2, 0) is 11.8 Å². The molecule has 3 atom stereocenters. The van der Waals surface area contributed by atoms with Crippen molar-refractivity contribution in [3.8, 4) is 11.1 Å². The molecule has 0 aliphatic heterocycles. The van der Waals surface area contributed by atoms with E-state index in [-0.39, 0.29) is 7.43 Å². The zero-order valence-corrected chi connectivity index (χ0v) is 19.4. The van der Waals surface area contributed by atoms with Crippen molar-refractivity contribution in [1.82, 2.24) is 0 Å². The van der Waals surface area contributed by atoms with Crippen molar-refractivity contribution < 1.29 is 0 Å². The van der Waals surface area contributed by atoms with E-state index in [4.69, 9.17) is 0 Å². The number of hydrogen-bond donors (Lipinski definition) is 0. The van der Waals surface area contributed by atoms with Crippen LogP contribution < -0.4 is 0 Å². The third-order valence-electron chi connectivity index (χ3n) is 7.98. The maximum atomic E-state index is 3.86. The molecular weight excluding hydrogens is 372 g/mol. The van der Waals surface area contributed by atoms with Gasteiger partial charge in [0.15, 0.2) is 0 Å². The molecular formula is C31H44. The summed E-state index contributed by atoms with van der Waals surface area (Å²) in [4.78, 5) is 0. The molecule has 3 unspecified atom stereocenters. The van der Waals surface area contributed by atoms with E-state index in [9.17, 15) is 0 Å². The first-order chi connectivity index (χ1) is 14.4. The number of rotatable bonds is 7. The minimum atomic E-state index is 0. The molecule has 2 aliphatic carbocycles. The van der Waals surface area contributed by atoms with Gasteiger partial charge < -0.3 is 0 Å². The standard InChI is InChI=1S/C30H40.CH4/c1-5-6-22(2)7-8-24-9-11-27(12-10-24)28-13-15-29(16-14-28)30(4)20-25-17-23(3)18-26(19-25)21-30;/h5,9-16,22-23,25-26H,1,6-8,17-21H2,2-4H3;1H4. The first kappa shape index (κ1) is 23.8. The predicted octanol–water partition coefficient (Wildman–Crippen LogP) is 9.24. The van der Waals surface area contributed by atoms with Gasteiger partial charge in [-0.1, -0.05) is 82.8 Å². The van der Waals surface area contributed by atoms with E-state index in [1.807, 2.05) is 6.08 Å². The lowest BCUT2D eigenvalue weighted by Gasteiger charge is -2.47. The molecule has 0 heterocycles. The zero-order chi connectivity index (χ0) is 21.1. The zero-order valence-electron chi connectivity index (χ0n) is 19.4. The Labute approximate surface area is 192 Å². The third-order valence-corrected chi connectivity index (χ3v) is 7.98. The van der Waals surface area contributed by atoms with Gasteiger partial charge in [-0.3, -0.25) is 0 Å². The van der Waals surface area contributed by atoms with Crippen molar-refractivity contribution in [3.63, 3.8) is 0 Å². The highest BCUT2D eigenvalue weighted by atomic mass is 14.5. The van der Waals surface area contributed by atoms with Crippen molar-refractivity contribution in [2.75, 3.05) is 0 Å². The molecule has 168 valence electrons. The Morgan fingerprint density at radius 3 is 2.03 bits per heavy atom. The molecule has 2 aromatic carbocycles. The van der Waals surface area contributed by atoms with Gasteiger partial charge >= 0.3 is 0 Å². The number of allylic oxidation sites excluding steroid dienone is 1. The molecule has 0 nitrogen and oxygen atoms in total. The van der Waals surface area contributed by atoms with Crippen LogP contribution in [0.15, 0.2) is 61.2 Å². The van der Waals surface area contributed by atoms with Crippen LogP contribution in [0.4, 0.5) is 0 Å². The van der Waals surface area contributed by atoms with Crippen LogP contribution in [0, 0.1) is 23.7 Å². The molecule has 0 spiro atoms. The molecule has 2 fully saturated rings. The van der Waals surface area contributed by atoms with Crippen LogP contribution in [0.5, 0.6) is 0 Å². The highest BCUT2D eigenvalue weighted by Crippen LogP contribution is 2.51. The summed E-state index contributed by atoms with van der Waals surface area (Å²) in [5.41, 5.74) is 6.06. The fourth-order valence-corrected chi connectivity index (χ4v) is 6.57. The minimum absolute atomic E-state index is 0. The van der Waals surface area contributed by atoms with Gasteiger partial charge in [0.1, 0.15) is 0 Å². The normalized spacial score (nSPS) is 28.4. The summed E-state index contributed by atoms with van der Waals surface area (Å²) in [6.45, 7) is 11.2. The summed E-state index contributed by atoms with van der Waals surface area (Å²) in [5, 5.41) is 0. The lowest BCUT2D eigenvalue weighted by Crippen LogP contribution is -2.38. The van der Waals surface area contributed by atoms with Crippen molar-refractivity contribution in [3.05, 3.63) is 72.3 Å². The average molecular weight is 417 g/mol. The van der Waals surface area contributed by atoms with Crippen LogP contribution in [0.25, 0.3) is 11.1 Å². The van der Waals surface area contributed by atoms with Crippen molar-refractivity contribution in [2.45, 2.75) is 85.0 Å². The van der Waals surface area contributed by atoms with E-state index in [1.165, 1.54) is 55.2 Å². The lowest BCUT2D eigenvalue weighted by atomic mass is 9.57. The van der Waals surface area contributed by atoms with Crippen LogP contribution in [-0.4, -0.2) is 0 Å². The average Bonchev–Trinajstić information content (AvgIpc) is 2.72. The maximum absolute atomic E-state index is 3.86. The van der Waals surface area contributed by atoms with Gasteiger partial charge in [-0.15, -0.1) is 6.58 Å². The monoisotopic (exact) mass is 416 g/mol. The third kappa shape index (κ3) is 5.71. The van der Waals surface area contributed by atoms with Gasteiger partial charge in [0.05, 0.1) is 0 Å². The molecule has 2 bridgehead atoms. The first-order valence-corrected chi connectivity index (χ1v) is 12.3. The molecule has 0 N–H and O–H groups in total. The second-order valence-corrected chi connectivity index (χ2v) is 11.0. The summed E-state index contributed by atoms with van der Waals surface area (Å²) in [6.07, 6.45) is 12.7. The Balaban J connectivity index is 0.00000272. The smallest absolute Gasteiger partial charge is 0.00700 e. The topological polar surface area (TPSA) is 0 Å². The van der Waals surface area contributed by atoms with Crippen LogP contribution in [0.2, 0.25) is 0 Å². The number of hydrogen-bond acceptors (Lipinski definition) is 0. The van der Waals surface area contributed by atoms with E-state index in [1.54, 1.807) is 5.56 Å². The SMILES string of the molecule is C.C=CCC(C)CCc1ccc(-c2ccc(C3(C)CC4CC(C)CC(C4)C3)cc2)cc1. The Hall–Kier alpha value is -1.82. The lowest BCUT2D eigenvalue weighted by molar-refractivity contribution is 0.0899. The Bertz CT molecular complexity index is 807. The van der Waals surface area contributed by atoms with E-state index < -0.39 is 0 Å². The number of benzene rings is 2. The van der Waals surface area contributed by atoms with Gasteiger partial charge in [-0.05, 0) is 103 Å². The fourth-order valence-electron chi connectivity index (χ4n) is 6.57. The molecule has 2 aromatic rings. The first-order valence-electron chi connectivity index (χ1n) is 12.3. The summed E-state index contributed by atoms with van der Waals surface area (Å²) < 4.78 is 0.